The highest BCUT2D eigenvalue weighted by Crippen LogP contribution is 2.33. The van der Waals surface area contributed by atoms with Crippen molar-refractivity contribution in [2.24, 2.45) is 0 Å². The summed E-state index contributed by atoms with van der Waals surface area (Å²) in [7, 11) is 0. The number of fused-ring (bicyclic) bond motifs is 1. The highest BCUT2D eigenvalue weighted by atomic mass is 16.5. The van der Waals surface area contributed by atoms with Crippen LogP contribution in [0.5, 0.6) is 5.75 Å². The summed E-state index contributed by atoms with van der Waals surface area (Å²) in [5, 5.41) is 2.34. The molecule has 4 aliphatic heterocycles. The summed E-state index contributed by atoms with van der Waals surface area (Å²) in [6, 6.07) is 5.58. The minimum Gasteiger partial charge on any atom is -0.489 e. The Hall–Kier alpha value is -2.45. The molecule has 1 saturated carbocycles. The molecule has 3 saturated heterocycles. The van der Waals surface area contributed by atoms with E-state index in [1.54, 1.807) is 4.90 Å². The predicted octanol–water partition coefficient (Wildman–Crippen LogP) is 2.64. The van der Waals surface area contributed by atoms with Crippen LogP contribution in [0, 0.1) is 0 Å². The summed E-state index contributed by atoms with van der Waals surface area (Å²) >= 11 is 0. The maximum absolute atomic E-state index is 12.8. The summed E-state index contributed by atoms with van der Waals surface area (Å²) in [6.07, 6.45) is 9.41. The topological polar surface area (TPSA) is 88.2 Å². The molecule has 8 nitrogen and oxygen atoms in total. The van der Waals surface area contributed by atoms with Crippen molar-refractivity contribution in [2.45, 2.75) is 82.5 Å². The monoisotopic (exact) mass is 469 g/mol. The molecule has 1 aromatic rings. The molecule has 184 valence electrons. The van der Waals surface area contributed by atoms with Crippen LogP contribution in [0.1, 0.15) is 73.7 Å². The lowest BCUT2D eigenvalue weighted by Gasteiger charge is -2.44. The van der Waals surface area contributed by atoms with Gasteiger partial charge in [0.05, 0.1) is 0 Å². The van der Waals surface area contributed by atoms with Crippen molar-refractivity contribution in [1.82, 2.24) is 15.1 Å². The standard InChI is InChI=1S/C22H27N3O4.C4H8O/c26-20-9-8-18(21(27)23-20)25-13-14-12-15(6-7-16(14)22(25)28)29-19-5-2-1-4-17(19)24-10-3-11-24;1-2-4-5-3-1/h6-7,12,17-19H,1-5,8-11,13H2,(H,23,26,27);1-4H2. The van der Waals surface area contributed by atoms with Crippen molar-refractivity contribution in [2.75, 3.05) is 26.3 Å². The minimum atomic E-state index is -0.578. The zero-order valence-electron chi connectivity index (χ0n) is 19.8. The van der Waals surface area contributed by atoms with E-state index < -0.39 is 6.04 Å². The molecule has 1 N–H and O–H groups in total. The maximum Gasteiger partial charge on any atom is 0.255 e. The fourth-order valence-electron chi connectivity index (χ4n) is 5.61. The van der Waals surface area contributed by atoms with Gasteiger partial charge in [-0.25, -0.2) is 0 Å². The summed E-state index contributed by atoms with van der Waals surface area (Å²) in [4.78, 5) is 40.6. The van der Waals surface area contributed by atoms with Gasteiger partial charge in [0.25, 0.3) is 5.91 Å². The van der Waals surface area contributed by atoms with Gasteiger partial charge in [0, 0.05) is 37.8 Å². The van der Waals surface area contributed by atoms with Crippen LogP contribution < -0.4 is 10.1 Å². The number of benzene rings is 1. The molecule has 0 bridgehead atoms. The molecule has 0 spiro atoms. The van der Waals surface area contributed by atoms with E-state index in [1.165, 1.54) is 51.6 Å². The Morgan fingerprint density at radius 3 is 2.41 bits per heavy atom. The van der Waals surface area contributed by atoms with E-state index in [2.05, 4.69) is 10.2 Å². The van der Waals surface area contributed by atoms with E-state index in [0.29, 0.717) is 24.6 Å². The van der Waals surface area contributed by atoms with Gasteiger partial charge in [0.15, 0.2) is 0 Å². The number of carbonyl (C=O) groups excluding carboxylic acids is 3. The molecule has 3 amide bonds. The van der Waals surface area contributed by atoms with Crippen LogP contribution in [0.4, 0.5) is 0 Å². The van der Waals surface area contributed by atoms with E-state index in [1.807, 2.05) is 18.2 Å². The van der Waals surface area contributed by atoms with Gasteiger partial charge in [-0.05, 0) is 81.8 Å². The Kier molecular flexibility index (Phi) is 7.15. The Bertz CT molecular complexity index is 919. The summed E-state index contributed by atoms with van der Waals surface area (Å²) in [6.45, 7) is 4.73. The van der Waals surface area contributed by atoms with Crippen molar-refractivity contribution >= 4 is 17.7 Å². The van der Waals surface area contributed by atoms with Gasteiger partial charge < -0.3 is 14.4 Å². The third kappa shape index (κ3) is 4.98. The van der Waals surface area contributed by atoms with Crippen LogP contribution in [-0.2, 0) is 20.9 Å². The smallest absolute Gasteiger partial charge is 0.255 e. The number of likely N-dealkylation sites (tertiary alicyclic amines) is 1. The third-order valence-corrected chi connectivity index (χ3v) is 7.64. The van der Waals surface area contributed by atoms with Gasteiger partial charge in [-0.1, -0.05) is 6.42 Å². The van der Waals surface area contributed by atoms with Crippen molar-refractivity contribution in [3.8, 4) is 5.75 Å². The lowest BCUT2D eigenvalue weighted by molar-refractivity contribution is -0.136. The number of hydrogen-bond donors (Lipinski definition) is 1. The van der Waals surface area contributed by atoms with Crippen LogP contribution in [0.2, 0.25) is 0 Å². The van der Waals surface area contributed by atoms with Crippen LogP contribution in [0.25, 0.3) is 0 Å². The molecule has 6 rings (SSSR count). The van der Waals surface area contributed by atoms with Crippen LogP contribution in [-0.4, -0.2) is 72.0 Å². The van der Waals surface area contributed by atoms with Crippen molar-refractivity contribution in [3.05, 3.63) is 29.3 Å². The van der Waals surface area contributed by atoms with E-state index in [0.717, 1.165) is 30.9 Å². The number of nitrogens with zero attached hydrogens (tertiary/aromatic N) is 2. The van der Waals surface area contributed by atoms with Gasteiger partial charge in [-0.15, -0.1) is 0 Å². The first-order valence-electron chi connectivity index (χ1n) is 12.9. The van der Waals surface area contributed by atoms with Gasteiger partial charge in [0.2, 0.25) is 11.8 Å². The molecule has 4 heterocycles. The zero-order chi connectivity index (χ0) is 23.5. The van der Waals surface area contributed by atoms with Crippen LogP contribution in [0.3, 0.4) is 0 Å². The molecule has 1 aliphatic carbocycles. The Balaban J connectivity index is 0.000000429. The predicted molar refractivity (Wildman–Crippen MR) is 125 cm³/mol. The van der Waals surface area contributed by atoms with Gasteiger partial charge in [-0.2, -0.15) is 0 Å². The molecule has 34 heavy (non-hydrogen) atoms. The van der Waals surface area contributed by atoms with Crippen LogP contribution >= 0.6 is 0 Å². The van der Waals surface area contributed by atoms with Gasteiger partial charge >= 0.3 is 0 Å². The van der Waals surface area contributed by atoms with Crippen LogP contribution in [0.15, 0.2) is 18.2 Å². The number of ether oxygens (including phenoxy) is 2. The third-order valence-electron chi connectivity index (χ3n) is 7.64. The fraction of sp³-hybridized carbons (Fsp3) is 0.654. The molecule has 4 fully saturated rings. The lowest BCUT2D eigenvalue weighted by atomic mass is 9.89. The van der Waals surface area contributed by atoms with E-state index in [9.17, 15) is 14.4 Å². The second-order valence-corrected chi connectivity index (χ2v) is 9.94. The Labute approximate surface area is 200 Å². The zero-order valence-corrected chi connectivity index (χ0v) is 19.8. The van der Waals surface area contributed by atoms with E-state index in [-0.39, 0.29) is 30.2 Å². The van der Waals surface area contributed by atoms with E-state index in [4.69, 9.17) is 9.47 Å². The number of rotatable bonds is 4. The minimum absolute atomic E-state index is 0.142. The second-order valence-electron chi connectivity index (χ2n) is 9.94. The van der Waals surface area contributed by atoms with Crippen molar-refractivity contribution < 1.29 is 23.9 Å². The quantitative estimate of drug-likeness (QED) is 0.682. The molecule has 3 unspecified atom stereocenters. The number of hydrogen-bond acceptors (Lipinski definition) is 6. The molecule has 0 aromatic heterocycles. The van der Waals surface area contributed by atoms with Gasteiger partial charge in [-0.3, -0.25) is 24.6 Å². The average Bonchev–Trinajstić information content (AvgIpc) is 3.47. The molecular weight excluding hydrogens is 434 g/mol. The average molecular weight is 470 g/mol. The molecule has 3 atom stereocenters. The number of amides is 3. The Morgan fingerprint density at radius 2 is 1.74 bits per heavy atom. The molecular formula is C26H35N3O5. The normalized spacial score (nSPS) is 29.1. The molecule has 0 radical (unpaired) electrons. The second kappa shape index (κ2) is 10.4. The maximum atomic E-state index is 12.8. The first-order chi connectivity index (χ1) is 16.6. The highest BCUT2D eigenvalue weighted by molar-refractivity contribution is 6.05. The number of imide groups is 1. The van der Waals surface area contributed by atoms with Crippen molar-refractivity contribution in [1.29, 1.82) is 0 Å². The molecule has 8 heteroatoms. The van der Waals surface area contributed by atoms with Gasteiger partial charge in [0.1, 0.15) is 17.9 Å². The van der Waals surface area contributed by atoms with E-state index >= 15 is 0 Å². The van der Waals surface area contributed by atoms with Crippen molar-refractivity contribution in [3.63, 3.8) is 0 Å². The number of piperidine rings is 1. The summed E-state index contributed by atoms with van der Waals surface area (Å²) in [5.74, 6) is 0.0186. The summed E-state index contributed by atoms with van der Waals surface area (Å²) < 4.78 is 11.4. The fourth-order valence-corrected chi connectivity index (χ4v) is 5.61. The lowest BCUT2D eigenvalue weighted by Crippen LogP contribution is -2.53. The SMILES string of the molecule is C1CCOC1.O=C1CCC(N2Cc3cc(OC4CCCCC4N4CCC4)ccc3C2=O)C(=O)N1. The summed E-state index contributed by atoms with van der Waals surface area (Å²) in [5.41, 5.74) is 1.53. The largest absolute Gasteiger partial charge is 0.489 e. The number of carbonyl (C=O) groups is 3. The molecule has 1 aromatic carbocycles. The first-order valence-corrected chi connectivity index (χ1v) is 12.9. The highest BCUT2D eigenvalue weighted by Gasteiger charge is 2.39. The molecule has 5 aliphatic rings. The number of nitrogens with one attached hydrogen (secondary N) is 1. The Morgan fingerprint density at radius 1 is 0.941 bits per heavy atom. The first kappa shape index (κ1) is 23.3.